The maximum absolute atomic E-state index is 13.7. The largest absolute Gasteiger partial charge is 0.454 e. The number of aromatic nitrogens is 2. The Hall–Kier alpha value is -3.46. The van der Waals surface area contributed by atoms with Crippen molar-refractivity contribution in [2.24, 2.45) is 0 Å². The highest BCUT2D eigenvalue weighted by Gasteiger charge is 2.43. The highest BCUT2D eigenvalue weighted by Crippen LogP contribution is 2.45. The minimum Gasteiger partial charge on any atom is -0.454 e. The van der Waals surface area contributed by atoms with Crippen LogP contribution in [0.25, 0.3) is 0 Å². The fourth-order valence-electron chi connectivity index (χ4n) is 4.23. The summed E-state index contributed by atoms with van der Waals surface area (Å²) in [6, 6.07) is 12.2. The smallest absolute Gasteiger partial charge is 0.254 e. The average molecular weight is 465 g/mol. The maximum Gasteiger partial charge on any atom is 0.254 e. The molecule has 0 spiro atoms. The standard InChI is InChI=1S/C24H24N4O4S/c1-24(2,3)22-26-27-23(33-22)25-20(29)18-14-7-5-6-8-15(14)21(30)28(4)19(18)13-9-10-16-17(11-13)32-12-31-16/h5-11,18-19H,12H2,1-4H3,(H,25,27,29)/t18-,19-/m0/s1. The van der Waals surface area contributed by atoms with Crippen LogP contribution in [0.2, 0.25) is 0 Å². The number of fused-ring (bicyclic) bond motifs is 2. The number of likely N-dealkylation sites (N-methyl/N-ethyl adjacent to an activating group) is 1. The average Bonchev–Trinajstić information content (AvgIpc) is 3.44. The number of benzene rings is 2. The molecule has 2 aliphatic rings. The molecule has 3 aromatic rings. The Morgan fingerprint density at radius 1 is 1.12 bits per heavy atom. The molecule has 0 unspecified atom stereocenters. The second-order valence-corrected chi connectivity index (χ2v) is 10.2. The first kappa shape index (κ1) is 21.4. The molecule has 0 saturated heterocycles. The summed E-state index contributed by atoms with van der Waals surface area (Å²) in [7, 11) is 1.72. The van der Waals surface area contributed by atoms with Crippen LogP contribution in [-0.2, 0) is 10.2 Å². The van der Waals surface area contributed by atoms with Crippen molar-refractivity contribution in [1.82, 2.24) is 15.1 Å². The van der Waals surface area contributed by atoms with E-state index in [4.69, 9.17) is 9.47 Å². The molecule has 33 heavy (non-hydrogen) atoms. The molecule has 9 heteroatoms. The minimum absolute atomic E-state index is 0.136. The number of carbonyl (C=O) groups excluding carboxylic acids is 2. The van der Waals surface area contributed by atoms with Gasteiger partial charge in [0.15, 0.2) is 11.5 Å². The molecule has 2 aromatic carbocycles. The Balaban J connectivity index is 1.56. The lowest BCUT2D eigenvalue weighted by molar-refractivity contribution is -0.119. The fraction of sp³-hybridized carbons (Fsp3) is 0.333. The number of hydrogen-bond donors (Lipinski definition) is 1. The van der Waals surface area contributed by atoms with Crippen LogP contribution in [-0.4, -0.2) is 40.8 Å². The van der Waals surface area contributed by atoms with Gasteiger partial charge in [-0.05, 0) is 29.3 Å². The number of nitrogens with zero attached hydrogens (tertiary/aromatic N) is 3. The van der Waals surface area contributed by atoms with Crippen molar-refractivity contribution in [2.75, 3.05) is 19.2 Å². The van der Waals surface area contributed by atoms with Crippen LogP contribution in [0.1, 0.15) is 59.2 Å². The van der Waals surface area contributed by atoms with E-state index in [0.717, 1.165) is 10.6 Å². The number of amides is 2. The van der Waals surface area contributed by atoms with Gasteiger partial charge in [-0.15, -0.1) is 10.2 Å². The summed E-state index contributed by atoms with van der Waals surface area (Å²) in [5.41, 5.74) is 1.82. The van der Waals surface area contributed by atoms with Crippen molar-refractivity contribution in [1.29, 1.82) is 0 Å². The van der Waals surface area contributed by atoms with E-state index in [2.05, 4.69) is 15.5 Å². The molecule has 2 aliphatic heterocycles. The second kappa shape index (κ2) is 7.84. The van der Waals surface area contributed by atoms with Crippen LogP contribution in [0.5, 0.6) is 11.5 Å². The van der Waals surface area contributed by atoms with Gasteiger partial charge in [0.25, 0.3) is 5.91 Å². The van der Waals surface area contributed by atoms with Gasteiger partial charge < -0.3 is 14.4 Å². The number of anilines is 1. The highest BCUT2D eigenvalue weighted by atomic mass is 32.1. The quantitative estimate of drug-likeness (QED) is 0.627. The van der Waals surface area contributed by atoms with Crippen molar-refractivity contribution in [3.63, 3.8) is 0 Å². The van der Waals surface area contributed by atoms with Gasteiger partial charge in [0.1, 0.15) is 5.01 Å². The Morgan fingerprint density at radius 3 is 2.64 bits per heavy atom. The Morgan fingerprint density at radius 2 is 1.88 bits per heavy atom. The van der Waals surface area contributed by atoms with Crippen molar-refractivity contribution in [2.45, 2.75) is 38.1 Å². The van der Waals surface area contributed by atoms with Crippen molar-refractivity contribution in [3.05, 3.63) is 64.2 Å². The SMILES string of the molecule is CN1C(=O)c2ccccc2[C@H](C(=O)Nc2nnc(C(C)(C)C)s2)[C@@H]1c1ccc2c(c1)OCO2. The summed E-state index contributed by atoms with van der Waals surface area (Å²) in [5.74, 6) is 0.217. The first-order valence-corrected chi connectivity index (χ1v) is 11.5. The molecule has 1 N–H and O–H groups in total. The molecule has 0 aliphatic carbocycles. The topological polar surface area (TPSA) is 93.7 Å². The van der Waals surface area contributed by atoms with Crippen LogP contribution in [0.3, 0.4) is 0 Å². The van der Waals surface area contributed by atoms with E-state index in [1.165, 1.54) is 11.3 Å². The van der Waals surface area contributed by atoms with Crippen molar-refractivity contribution >= 4 is 28.3 Å². The third kappa shape index (κ3) is 3.72. The second-order valence-electron chi connectivity index (χ2n) is 9.19. The number of nitrogens with one attached hydrogen (secondary N) is 1. The molecular weight excluding hydrogens is 440 g/mol. The lowest BCUT2D eigenvalue weighted by Gasteiger charge is -2.39. The fourth-order valence-corrected chi connectivity index (χ4v) is 5.03. The first-order valence-electron chi connectivity index (χ1n) is 10.6. The predicted molar refractivity (Wildman–Crippen MR) is 124 cm³/mol. The molecule has 170 valence electrons. The predicted octanol–water partition coefficient (Wildman–Crippen LogP) is 4.11. The summed E-state index contributed by atoms with van der Waals surface area (Å²) >= 11 is 1.36. The molecule has 2 amide bonds. The molecule has 0 saturated carbocycles. The zero-order valence-electron chi connectivity index (χ0n) is 18.8. The monoisotopic (exact) mass is 464 g/mol. The van der Waals surface area contributed by atoms with Gasteiger partial charge in [-0.25, -0.2) is 0 Å². The molecule has 0 bridgehead atoms. The van der Waals surface area contributed by atoms with E-state index in [-0.39, 0.29) is 24.0 Å². The molecule has 0 radical (unpaired) electrons. The first-order chi connectivity index (χ1) is 15.7. The van der Waals surface area contributed by atoms with Crippen LogP contribution in [0.4, 0.5) is 5.13 Å². The van der Waals surface area contributed by atoms with Crippen molar-refractivity contribution in [3.8, 4) is 11.5 Å². The third-order valence-electron chi connectivity index (χ3n) is 5.90. The summed E-state index contributed by atoms with van der Waals surface area (Å²) < 4.78 is 11.0. The molecule has 8 nitrogen and oxygen atoms in total. The molecule has 3 heterocycles. The van der Waals surface area contributed by atoms with E-state index in [1.807, 2.05) is 51.1 Å². The number of hydrogen-bond acceptors (Lipinski definition) is 7. The van der Waals surface area contributed by atoms with Gasteiger partial charge in [0.05, 0.1) is 12.0 Å². The Labute approximate surface area is 195 Å². The Bertz CT molecular complexity index is 1250. The van der Waals surface area contributed by atoms with Crippen LogP contribution < -0.4 is 14.8 Å². The summed E-state index contributed by atoms with van der Waals surface area (Å²) in [6.07, 6.45) is 0. The molecular formula is C24H24N4O4S. The van der Waals surface area contributed by atoms with Gasteiger partial charge in [-0.3, -0.25) is 14.9 Å². The zero-order chi connectivity index (χ0) is 23.3. The summed E-state index contributed by atoms with van der Waals surface area (Å²) in [6.45, 7) is 6.30. The van der Waals surface area contributed by atoms with E-state index in [9.17, 15) is 9.59 Å². The maximum atomic E-state index is 13.7. The molecule has 0 fully saturated rings. The van der Waals surface area contributed by atoms with Crippen LogP contribution >= 0.6 is 11.3 Å². The van der Waals surface area contributed by atoms with Gasteiger partial charge >= 0.3 is 0 Å². The number of ether oxygens (including phenoxy) is 2. The van der Waals surface area contributed by atoms with E-state index in [0.29, 0.717) is 27.8 Å². The van der Waals surface area contributed by atoms with E-state index >= 15 is 0 Å². The van der Waals surface area contributed by atoms with Crippen molar-refractivity contribution < 1.29 is 19.1 Å². The normalized spacial score (nSPS) is 19.4. The van der Waals surface area contributed by atoms with Gasteiger partial charge in [-0.2, -0.15) is 0 Å². The minimum atomic E-state index is -0.647. The van der Waals surface area contributed by atoms with Crippen LogP contribution in [0, 0.1) is 0 Å². The van der Waals surface area contributed by atoms with Crippen LogP contribution in [0.15, 0.2) is 42.5 Å². The lowest BCUT2D eigenvalue weighted by Crippen LogP contribution is -2.44. The van der Waals surface area contributed by atoms with E-state index in [1.54, 1.807) is 24.1 Å². The number of carbonyl (C=O) groups is 2. The summed E-state index contributed by atoms with van der Waals surface area (Å²) in [4.78, 5) is 28.5. The highest BCUT2D eigenvalue weighted by molar-refractivity contribution is 7.15. The van der Waals surface area contributed by atoms with Gasteiger partial charge in [-0.1, -0.05) is 56.4 Å². The van der Waals surface area contributed by atoms with E-state index < -0.39 is 12.0 Å². The zero-order valence-corrected chi connectivity index (χ0v) is 19.6. The molecule has 5 rings (SSSR count). The van der Waals surface area contributed by atoms with Gasteiger partial charge in [0.2, 0.25) is 17.8 Å². The Kier molecular flexibility index (Phi) is 5.08. The molecule has 2 atom stereocenters. The van der Waals surface area contributed by atoms with Gasteiger partial charge in [0, 0.05) is 18.0 Å². The molecule has 1 aromatic heterocycles. The third-order valence-corrected chi connectivity index (χ3v) is 7.16. The summed E-state index contributed by atoms with van der Waals surface area (Å²) in [5, 5.41) is 12.6. The number of rotatable bonds is 3. The lowest BCUT2D eigenvalue weighted by atomic mass is 9.79.